The summed E-state index contributed by atoms with van der Waals surface area (Å²) in [4.78, 5) is 6.95. The lowest BCUT2D eigenvalue weighted by atomic mass is 10.1. The summed E-state index contributed by atoms with van der Waals surface area (Å²) in [6.07, 6.45) is 2.09. The molecule has 0 saturated carbocycles. The number of aromatic nitrogens is 2. The van der Waals surface area contributed by atoms with Gasteiger partial charge in [-0.2, -0.15) is 4.37 Å². The first kappa shape index (κ1) is 10.8. The van der Waals surface area contributed by atoms with E-state index in [2.05, 4.69) is 33.4 Å². The zero-order chi connectivity index (χ0) is 10.7. The minimum atomic E-state index is 0.627. The maximum absolute atomic E-state index is 4.56. The lowest BCUT2D eigenvalue weighted by molar-refractivity contribution is 0.412. The average Bonchev–Trinajstić information content (AvgIpc) is 2.62. The Labute approximate surface area is 94.9 Å². The van der Waals surface area contributed by atoms with Crippen LogP contribution in [0.5, 0.6) is 0 Å². The Morgan fingerprint density at radius 3 is 2.73 bits per heavy atom. The van der Waals surface area contributed by atoms with Crippen molar-refractivity contribution in [3.8, 4) is 0 Å². The molecule has 1 N–H and O–H groups in total. The van der Waals surface area contributed by atoms with E-state index in [1.54, 1.807) is 0 Å². The summed E-state index contributed by atoms with van der Waals surface area (Å²) in [6, 6.07) is 0.627. The third kappa shape index (κ3) is 2.29. The van der Waals surface area contributed by atoms with Crippen LogP contribution in [-0.2, 0) is 6.42 Å². The number of anilines is 1. The average molecular weight is 226 g/mol. The molecule has 4 nitrogen and oxygen atoms in total. The van der Waals surface area contributed by atoms with E-state index >= 15 is 0 Å². The Morgan fingerprint density at radius 1 is 1.47 bits per heavy atom. The van der Waals surface area contributed by atoms with Gasteiger partial charge in [-0.15, -0.1) is 0 Å². The molecule has 0 unspecified atom stereocenters. The summed E-state index contributed by atoms with van der Waals surface area (Å²) in [5.74, 6) is 0.975. The SMILES string of the molecule is CCCN(c1nc(CC)ns1)C1CNC1. The van der Waals surface area contributed by atoms with Gasteiger partial charge < -0.3 is 10.2 Å². The highest BCUT2D eigenvalue weighted by atomic mass is 32.1. The third-order valence-corrected chi connectivity index (χ3v) is 3.48. The fraction of sp³-hybridized carbons (Fsp3) is 0.800. The molecular weight excluding hydrogens is 208 g/mol. The monoisotopic (exact) mass is 226 g/mol. The van der Waals surface area contributed by atoms with Crippen molar-refractivity contribution in [1.82, 2.24) is 14.7 Å². The van der Waals surface area contributed by atoms with Gasteiger partial charge in [0.2, 0.25) is 5.13 Å². The first-order chi connectivity index (χ1) is 7.35. The van der Waals surface area contributed by atoms with Gasteiger partial charge in [0.1, 0.15) is 5.82 Å². The van der Waals surface area contributed by atoms with Crippen LogP contribution < -0.4 is 10.2 Å². The Morgan fingerprint density at radius 2 is 2.27 bits per heavy atom. The summed E-state index contributed by atoms with van der Waals surface area (Å²) < 4.78 is 4.35. The lowest BCUT2D eigenvalue weighted by Crippen LogP contribution is -2.57. The second-order valence-electron chi connectivity index (χ2n) is 3.85. The van der Waals surface area contributed by atoms with Gasteiger partial charge in [0.05, 0.1) is 6.04 Å². The molecule has 1 aliphatic heterocycles. The maximum Gasteiger partial charge on any atom is 0.205 e. The first-order valence-electron chi connectivity index (χ1n) is 5.65. The van der Waals surface area contributed by atoms with Crippen LogP contribution in [0.2, 0.25) is 0 Å². The third-order valence-electron chi connectivity index (χ3n) is 2.68. The first-order valence-corrected chi connectivity index (χ1v) is 6.42. The molecule has 1 saturated heterocycles. The molecule has 1 aliphatic rings. The number of rotatable bonds is 5. The standard InChI is InChI=1S/C10H18N4S/c1-3-5-14(8-6-11-7-8)10-12-9(4-2)13-15-10/h8,11H,3-7H2,1-2H3. The molecule has 1 aromatic heterocycles. The predicted molar refractivity (Wildman–Crippen MR) is 63.6 cm³/mol. The van der Waals surface area contributed by atoms with Crippen molar-refractivity contribution in [2.45, 2.75) is 32.7 Å². The van der Waals surface area contributed by atoms with Crippen LogP contribution in [0.25, 0.3) is 0 Å². The van der Waals surface area contributed by atoms with E-state index in [-0.39, 0.29) is 0 Å². The zero-order valence-corrected chi connectivity index (χ0v) is 10.2. The van der Waals surface area contributed by atoms with Crippen molar-refractivity contribution >= 4 is 16.7 Å². The van der Waals surface area contributed by atoms with Crippen molar-refractivity contribution in [1.29, 1.82) is 0 Å². The molecule has 1 fully saturated rings. The second-order valence-corrected chi connectivity index (χ2v) is 4.58. The highest BCUT2D eigenvalue weighted by molar-refractivity contribution is 7.09. The summed E-state index contributed by atoms with van der Waals surface area (Å²) >= 11 is 1.54. The molecule has 0 radical (unpaired) electrons. The summed E-state index contributed by atoms with van der Waals surface area (Å²) in [5, 5.41) is 4.40. The smallest absolute Gasteiger partial charge is 0.205 e. The molecule has 1 aromatic rings. The highest BCUT2D eigenvalue weighted by Gasteiger charge is 2.26. The van der Waals surface area contributed by atoms with Gasteiger partial charge in [0.15, 0.2) is 0 Å². The van der Waals surface area contributed by atoms with Crippen LogP contribution in [0.1, 0.15) is 26.1 Å². The molecular formula is C10H18N4S. The van der Waals surface area contributed by atoms with E-state index in [0.717, 1.165) is 43.4 Å². The molecule has 5 heteroatoms. The molecule has 15 heavy (non-hydrogen) atoms. The van der Waals surface area contributed by atoms with E-state index in [1.165, 1.54) is 11.5 Å². The van der Waals surface area contributed by atoms with Gasteiger partial charge in [-0.05, 0) is 6.42 Å². The quantitative estimate of drug-likeness (QED) is 0.821. The molecule has 2 heterocycles. The Hall–Kier alpha value is -0.680. The largest absolute Gasteiger partial charge is 0.341 e. The molecule has 0 amide bonds. The van der Waals surface area contributed by atoms with Crippen LogP contribution in [0.3, 0.4) is 0 Å². The van der Waals surface area contributed by atoms with E-state index in [1.807, 2.05) is 0 Å². The predicted octanol–water partition coefficient (Wildman–Crippen LogP) is 1.29. The van der Waals surface area contributed by atoms with Gasteiger partial charge in [0.25, 0.3) is 0 Å². The van der Waals surface area contributed by atoms with Gasteiger partial charge in [-0.1, -0.05) is 13.8 Å². The molecule has 0 spiro atoms. The Kier molecular flexibility index (Phi) is 3.53. The molecule has 0 aliphatic carbocycles. The van der Waals surface area contributed by atoms with E-state index < -0.39 is 0 Å². The number of nitrogens with zero attached hydrogens (tertiary/aromatic N) is 3. The molecule has 0 atom stereocenters. The van der Waals surface area contributed by atoms with E-state index in [4.69, 9.17) is 0 Å². The lowest BCUT2D eigenvalue weighted by Gasteiger charge is -2.37. The second kappa shape index (κ2) is 4.90. The van der Waals surface area contributed by atoms with E-state index in [9.17, 15) is 0 Å². The van der Waals surface area contributed by atoms with Gasteiger partial charge >= 0.3 is 0 Å². The van der Waals surface area contributed by atoms with Crippen molar-refractivity contribution in [2.24, 2.45) is 0 Å². The normalized spacial score (nSPS) is 16.4. The van der Waals surface area contributed by atoms with Crippen LogP contribution in [0, 0.1) is 0 Å². The minimum Gasteiger partial charge on any atom is -0.341 e. The number of hydrogen-bond donors (Lipinski definition) is 1. The summed E-state index contributed by atoms with van der Waals surface area (Å²) in [6.45, 7) is 7.56. The number of hydrogen-bond acceptors (Lipinski definition) is 5. The van der Waals surface area contributed by atoms with Crippen molar-refractivity contribution < 1.29 is 0 Å². The zero-order valence-electron chi connectivity index (χ0n) is 9.36. The van der Waals surface area contributed by atoms with Crippen LogP contribution >= 0.6 is 11.5 Å². The molecule has 84 valence electrons. The van der Waals surface area contributed by atoms with Crippen molar-refractivity contribution in [3.63, 3.8) is 0 Å². The fourth-order valence-corrected chi connectivity index (χ4v) is 2.52. The molecule has 0 bridgehead atoms. The minimum absolute atomic E-state index is 0.627. The molecule has 2 rings (SSSR count). The van der Waals surface area contributed by atoms with Gasteiger partial charge in [0, 0.05) is 37.6 Å². The topological polar surface area (TPSA) is 41.1 Å². The molecule has 0 aromatic carbocycles. The summed E-state index contributed by atoms with van der Waals surface area (Å²) in [7, 11) is 0. The fourth-order valence-electron chi connectivity index (χ4n) is 1.67. The van der Waals surface area contributed by atoms with Crippen molar-refractivity contribution in [2.75, 3.05) is 24.5 Å². The highest BCUT2D eigenvalue weighted by Crippen LogP contribution is 2.21. The Balaban J connectivity index is 2.08. The van der Waals surface area contributed by atoms with Gasteiger partial charge in [-0.3, -0.25) is 0 Å². The summed E-state index contributed by atoms with van der Waals surface area (Å²) in [5.41, 5.74) is 0. The van der Waals surface area contributed by atoms with Crippen LogP contribution in [0.4, 0.5) is 5.13 Å². The van der Waals surface area contributed by atoms with E-state index in [0.29, 0.717) is 6.04 Å². The number of nitrogens with one attached hydrogen (secondary N) is 1. The number of aryl methyl sites for hydroxylation is 1. The van der Waals surface area contributed by atoms with Crippen LogP contribution in [0.15, 0.2) is 0 Å². The van der Waals surface area contributed by atoms with Crippen LogP contribution in [-0.4, -0.2) is 35.0 Å². The van der Waals surface area contributed by atoms with Crippen molar-refractivity contribution in [3.05, 3.63) is 5.82 Å². The Bertz CT molecular complexity index is 308. The maximum atomic E-state index is 4.56. The van der Waals surface area contributed by atoms with Gasteiger partial charge in [-0.25, -0.2) is 4.98 Å².